The Bertz CT molecular complexity index is 880. The van der Waals surface area contributed by atoms with Gasteiger partial charge in [0.2, 0.25) is 0 Å². The number of halogens is 19. The van der Waals surface area contributed by atoms with Crippen molar-refractivity contribution in [1.29, 1.82) is 0 Å². The van der Waals surface area contributed by atoms with E-state index in [-0.39, 0.29) is 18.9 Å². The molecule has 0 spiro atoms. The number of rotatable bonds is 10. The Morgan fingerprint density at radius 2 is 0.714 bits per heavy atom. The van der Waals surface area contributed by atoms with Crippen LogP contribution < -0.4 is 18.9 Å². The van der Waals surface area contributed by atoms with Gasteiger partial charge in [-0.1, -0.05) is 0 Å². The molecule has 0 radical (unpaired) electrons. The van der Waals surface area contributed by atoms with Crippen molar-refractivity contribution in [3.63, 3.8) is 0 Å². The molecule has 0 N–H and O–H groups in total. The third kappa shape index (κ3) is 4.34. The van der Waals surface area contributed by atoms with Crippen LogP contribution in [0.4, 0.5) is 83.4 Å². The van der Waals surface area contributed by atoms with E-state index >= 15 is 0 Å². The minimum atomic E-state index is -9.14. The number of alkyl halides is 19. The molecule has 0 rings (SSSR count). The molecule has 3 nitrogen and oxygen atoms in total. The van der Waals surface area contributed by atoms with Crippen molar-refractivity contribution in [2.24, 2.45) is 0 Å². The summed E-state index contributed by atoms with van der Waals surface area (Å²) in [6, 6.07) is 0. The van der Waals surface area contributed by atoms with Gasteiger partial charge in [0, 0.05) is 0 Å². The van der Waals surface area contributed by atoms with Gasteiger partial charge in [-0.25, -0.2) is 12.8 Å². The molecule has 0 heterocycles. The predicted molar refractivity (Wildman–Crippen MR) is 64.8 cm³/mol. The van der Waals surface area contributed by atoms with Crippen LogP contribution in [-0.2, 0) is 10.1 Å². The summed E-state index contributed by atoms with van der Waals surface area (Å²) in [5, 5.41) is -8.07. The fourth-order valence-electron chi connectivity index (χ4n) is 1.78. The van der Waals surface area contributed by atoms with Gasteiger partial charge in [0.1, 0.15) is 0 Å². The second kappa shape index (κ2) is 8.89. The third-order valence-electron chi connectivity index (χ3n) is 3.96. The van der Waals surface area contributed by atoms with Crippen LogP contribution in [0.2, 0.25) is 0 Å². The molecule has 0 aromatic heterocycles. The molecule has 0 amide bonds. The number of hydrogen-bond donors (Lipinski definition) is 0. The maximum absolute atomic E-state index is 13.4. The molecule has 0 aromatic carbocycles. The molecule has 0 aliphatic carbocycles. The van der Waals surface area contributed by atoms with E-state index in [1.165, 1.54) is 0 Å². The first kappa shape index (κ1) is 36.3. The van der Waals surface area contributed by atoms with E-state index in [0.717, 1.165) is 0 Å². The van der Waals surface area contributed by atoms with Gasteiger partial charge in [-0.3, -0.25) is 0 Å². The van der Waals surface area contributed by atoms with Crippen molar-refractivity contribution in [1.82, 2.24) is 0 Å². The molecule has 35 heavy (non-hydrogen) atoms. The topological polar surface area (TPSA) is 57.2 Å². The van der Waals surface area contributed by atoms with Crippen LogP contribution in [-0.4, -0.2) is 71.8 Å². The first-order valence-corrected chi connectivity index (χ1v) is 8.60. The second-order valence-corrected chi connectivity index (χ2v) is 7.65. The van der Waals surface area contributed by atoms with Gasteiger partial charge in [0.15, 0.2) is 16.3 Å². The molecule has 1 unspecified atom stereocenters. The van der Waals surface area contributed by atoms with Crippen LogP contribution in [0.1, 0.15) is 6.92 Å². The Morgan fingerprint density at radius 3 is 0.914 bits per heavy atom. The average molecular weight is 584 g/mol. The monoisotopic (exact) mass is 584 g/mol. The number of hydrogen-bond acceptors (Lipinski definition) is 3. The standard InChI is InChI=1S/C11H5F19O3S.Li/c1-2(12)3(13,14)4(15,16)5(17,18)6(19,20)7(21,22)8(23,24)9(25,26)10(27,28)11(29,30)34(31,32)33;/h2H,1H3,(H,31,32,33);/q;+1/p-1. The van der Waals surface area contributed by atoms with E-state index < -0.39 is 75.8 Å². The summed E-state index contributed by atoms with van der Waals surface area (Å²) in [6.45, 7) is -0.797. The molecule has 0 bridgehead atoms. The largest absolute Gasteiger partial charge is 1.00 e. The SMILES string of the molecule is CC(F)C(F)(F)C(F)(F)C(F)(F)C(F)(F)C(F)(F)C(F)(F)C(F)(F)C(F)(F)C(F)(F)S(=O)(=O)[O-].[Li+]. The van der Waals surface area contributed by atoms with Gasteiger partial charge < -0.3 is 4.55 Å². The third-order valence-corrected chi connectivity index (χ3v) is 4.85. The zero-order chi connectivity index (χ0) is 28.6. The zero-order valence-corrected chi connectivity index (χ0v) is 16.7. The second-order valence-electron chi connectivity index (χ2n) is 6.23. The minimum Gasteiger partial charge on any atom is -0.743 e. The summed E-state index contributed by atoms with van der Waals surface area (Å²) in [5.74, 6) is -69.0. The maximum Gasteiger partial charge on any atom is 1.00 e. The Kier molecular flexibility index (Phi) is 9.22. The molecule has 206 valence electrons. The molecule has 0 aliphatic heterocycles. The molecule has 1 atom stereocenters. The van der Waals surface area contributed by atoms with Gasteiger partial charge >= 0.3 is 71.5 Å². The molecule has 0 fully saturated rings. The first-order chi connectivity index (χ1) is 14.2. The van der Waals surface area contributed by atoms with Crippen molar-refractivity contribution < 1.29 is 115 Å². The molecule has 24 heteroatoms. The zero-order valence-electron chi connectivity index (χ0n) is 15.9. The summed E-state index contributed by atoms with van der Waals surface area (Å²) in [7, 11) is -8.25. The van der Waals surface area contributed by atoms with Crippen molar-refractivity contribution in [3.8, 4) is 0 Å². The van der Waals surface area contributed by atoms with E-state index in [1.54, 1.807) is 0 Å². The Hall–Kier alpha value is -0.823. The van der Waals surface area contributed by atoms with Crippen LogP contribution >= 0.6 is 0 Å². The van der Waals surface area contributed by atoms with Crippen molar-refractivity contribution in [2.75, 3.05) is 0 Å². The van der Waals surface area contributed by atoms with Crippen molar-refractivity contribution in [2.45, 2.75) is 65.7 Å². The van der Waals surface area contributed by atoms with Crippen LogP contribution in [0, 0.1) is 0 Å². The van der Waals surface area contributed by atoms with Crippen LogP contribution in [0.5, 0.6) is 0 Å². The van der Waals surface area contributed by atoms with E-state index in [4.69, 9.17) is 0 Å². The Labute approximate surface area is 191 Å². The van der Waals surface area contributed by atoms with E-state index in [1.807, 2.05) is 0 Å². The average Bonchev–Trinajstić information content (AvgIpc) is 2.58. The van der Waals surface area contributed by atoms with E-state index in [2.05, 4.69) is 0 Å². The molecule has 0 aromatic rings. The van der Waals surface area contributed by atoms with E-state index in [9.17, 15) is 96.4 Å². The molecule has 0 saturated carbocycles. The van der Waals surface area contributed by atoms with E-state index in [0.29, 0.717) is 0 Å². The molecular weight excluding hydrogens is 580 g/mol. The minimum absolute atomic E-state index is 0. The van der Waals surface area contributed by atoms with Gasteiger partial charge in [0.25, 0.3) is 0 Å². The fraction of sp³-hybridized carbons (Fsp3) is 1.00. The van der Waals surface area contributed by atoms with Gasteiger partial charge in [0.05, 0.1) is 0 Å². The summed E-state index contributed by atoms with van der Waals surface area (Å²) in [6.07, 6.45) is -4.68. The Balaban J connectivity index is 0. The maximum atomic E-state index is 13.4. The molecular formula is C11H4F19LiO3S. The quantitative estimate of drug-likeness (QED) is 0.226. The summed E-state index contributed by atoms with van der Waals surface area (Å²) in [5.41, 5.74) is 0. The smallest absolute Gasteiger partial charge is 0.743 e. The summed E-state index contributed by atoms with van der Waals surface area (Å²) >= 11 is 0. The van der Waals surface area contributed by atoms with Crippen LogP contribution in [0.25, 0.3) is 0 Å². The van der Waals surface area contributed by atoms with Gasteiger partial charge in [-0.15, -0.1) is 0 Å². The van der Waals surface area contributed by atoms with Crippen LogP contribution in [0.15, 0.2) is 0 Å². The van der Waals surface area contributed by atoms with Crippen molar-refractivity contribution >= 4 is 10.1 Å². The normalized spacial score (nSPS) is 17.2. The van der Waals surface area contributed by atoms with Crippen LogP contribution in [0.3, 0.4) is 0 Å². The van der Waals surface area contributed by atoms with Crippen molar-refractivity contribution in [3.05, 3.63) is 0 Å². The molecule has 0 aliphatic rings. The predicted octanol–water partition coefficient (Wildman–Crippen LogP) is 2.57. The summed E-state index contributed by atoms with van der Waals surface area (Å²) < 4.78 is 279. The Morgan fingerprint density at radius 1 is 0.514 bits per heavy atom. The van der Waals surface area contributed by atoms with Gasteiger partial charge in [-0.2, -0.15) is 79.0 Å². The molecule has 0 saturated heterocycles. The summed E-state index contributed by atoms with van der Waals surface area (Å²) in [4.78, 5) is 0. The fourth-order valence-corrected chi connectivity index (χ4v) is 2.23. The van der Waals surface area contributed by atoms with Gasteiger partial charge in [-0.05, 0) is 6.92 Å². The first-order valence-electron chi connectivity index (χ1n) is 7.19.